The lowest BCUT2D eigenvalue weighted by atomic mass is 10.2. The van der Waals surface area contributed by atoms with Gasteiger partial charge in [0, 0.05) is 10.6 Å². The Kier molecular flexibility index (Phi) is 5.18. The fourth-order valence-corrected chi connectivity index (χ4v) is 2.63. The molecule has 0 unspecified atom stereocenters. The maximum absolute atomic E-state index is 12.9. The first-order chi connectivity index (χ1) is 11.7. The average Bonchev–Trinajstić information content (AvgIpc) is 2.63. The minimum atomic E-state index is -0.188. The molecule has 3 rings (SSSR count). The monoisotopic (exact) mass is 334 g/mol. The third kappa shape index (κ3) is 3.97. The second-order valence-corrected chi connectivity index (χ2v) is 5.84. The molecule has 0 bridgehead atoms. The van der Waals surface area contributed by atoms with Crippen LogP contribution in [0.5, 0.6) is 0 Å². The van der Waals surface area contributed by atoms with Gasteiger partial charge in [-0.15, -0.1) is 12.6 Å². The average molecular weight is 334 g/mol. The van der Waals surface area contributed by atoms with E-state index < -0.39 is 0 Å². The van der Waals surface area contributed by atoms with E-state index in [4.69, 9.17) is 0 Å². The Bertz CT molecular complexity index is 806. The molecule has 0 radical (unpaired) electrons. The third-order valence-electron chi connectivity index (χ3n) is 3.64. The van der Waals surface area contributed by atoms with Crippen LogP contribution in [0.2, 0.25) is 0 Å². The second-order valence-electron chi connectivity index (χ2n) is 5.35. The van der Waals surface area contributed by atoms with Crippen molar-refractivity contribution in [3.05, 3.63) is 90.5 Å². The number of thiol groups is 1. The van der Waals surface area contributed by atoms with Gasteiger partial charge in [-0.05, 0) is 29.8 Å². The van der Waals surface area contributed by atoms with E-state index >= 15 is 0 Å². The van der Waals surface area contributed by atoms with Crippen LogP contribution in [0.3, 0.4) is 0 Å². The summed E-state index contributed by atoms with van der Waals surface area (Å²) in [4.78, 5) is 15.3. The van der Waals surface area contributed by atoms with Gasteiger partial charge in [-0.25, -0.2) is 4.79 Å². The first-order valence-corrected chi connectivity index (χ1v) is 8.14. The summed E-state index contributed by atoms with van der Waals surface area (Å²) in [5, 5.41) is 2.94. The summed E-state index contributed by atoms with van der Waals surface area (Å²) in [5.41, 5.74) is 2.60. The molecule has 0 saturated heterocycles. The highest BCUT2D eigenvalue weighted by molar-refractivity contribution is 7.80. The molecular formula is C20H18N2OS. The van der Waals surface area contributed by atoms with Crippen LogP contribution >= 0.6 is 12.6 Å². The Hall–Kier alpha value is -2.72. The van der Waals surface area contributed by atoms with Gasteiger partial charge < -0.3 is 5.32 Å². The van der Waals surface area contributed by atoms with Crippen LogP contribution in [0.4, 0.5) is 16.2 Å². The van der Waals surface area contributed by atoms with E-state index in [2.05, 4.69) is 17.9 Å². The van der Waals surface area contributed by atoms with E-state index in [9.17, 15) is 4.79 Å². The molecule has 2 amide bonds. The molecule has 3 nitrogen and oxygen atoms in total. The minimum absolute atomic E-state index is 0.188. The van der Waals surface area contributed by atoms with E-state index in [1.165, 1.54) is 0 Å². The zero-order valence-electron chi connectivity index (χ0n) is 13.1. The Morgan fingerprint density at radius 1 is 0.833 bits per heavy atom. The van der Waals surface area contributed by atoms with Crippen LogP contribution in [0.1, 0.15) is 5.56 Å². The van der Waals surface area contributed by atoms with Gasteiger partial charge in [-0.3, -0.25) is 4.90 Å². The molecule has 3 aromatic rings. The summed E-state index contributed by atoms with van der Waals surface area (Å²) in [6, 6.07) is 26.8. The highest BCUT2D eigenvalue weighted by Crippen LogP contribution is 2.22. The van der Waals surface area contributed by atoms with Crippen LogP contribution in [0.15, 0.2) is 89.8 Å². The van der Waals surface area contributed by atoms with E-state index in [1.807, 2.05) is 84.9 Å². The fourth-order valence-electron chi connectivity index (χ4n) is 2.42. The van der Waals surface area contributed by atoms with Crippen LogP contribution < -0.4 is 10.2 Å². The lowest BCUT2D eigenvalue weighted by molar-refractivity contribution is 0.256. The molecule has 0 saturated carbocycles. The van der Waals surface area contributed by atoms with Crippen LogP contribution in [-0.2, 0) is 6.54 Å². The predicted octanol–water partition coefficient (Wildman–Crippen LogP) is 5.21. The van der Waals surface area contributed by atoms with Gasteiger partial charge >= 0.3 is 6.03 Å². The Morgan fingerprint density at radius 3 is 2.08 bits per heavy atom. The van der Waals surface area contributed by atoms with Crippen LogP contribution in [-0.4, -0.2) is 6.03 Å². The standard InChI is InChI=1S/C20H18N2OS/c23-20(21-18-13-7-8-14-19(18)24)22(17-11-5-2-6-12-17)15-16-9-3-1-4-10-16/h1-14,24H,15H2,(H,21,23). The molecule has 0 heterocycles. The summed E-state index contributed by atoms with van der Waals surface area (Å²) >= 11 is 4.39. The lowest BCUT2D eigenvalue weighted by Crippen LogP contribution is -2.34. The number of carbonyl (C=O) groups is 1. The maximum Gasteiger partial charge on any atom is 0.326 e. The van der Waals surface area contributed by atoms with Gasteiger partial charge in [0.25, 0.3) is 0 Å². The minimum Gasteiger partial charge on any atom is -0.306 e. The highest BCUT2D eigenvalue weighted by Gasteiger charge is 2.17. The van der Waals surface area contributed by atoms with Crippen molar-refractivity contribution in [1.82, 2.24) is 0 Å². The quantitative estimate of drug-likeness (QED) is 0.630. The van der Waals surface area contributed by atoms with Gasteiger partial charge in [0.1, 0.15) is 0 Å². The summed E-state index contributed by atoms with van der Waals surface area (Å²) < 4.78 is 0. The second kappa shape index (κ2) is 7.70. The molecule has 0 spiro atoms. The van der Waals surface area contributed by atoms with Crippen molar-refractivity contribution >= 4 is 30.0 Å². The summed E-state index contributed by atoms with van der Waals surface area (Å²) in [6.45, 7) is 0.491. The lowest BCUT2D eigenvalue weighted by Gasteiger charge is -2.24. The summed E-state index contributed by atoms with van der Waals surface area (Å²) in [6.07, 6.45) is 0. The van der Waals surface area contributed by atoms with E-state index in [0.29, 0.717) is 12.2 Å². The molecule has 24 heavy (non-hydrogen) atoms. The largest absolute Gasteiger partial charge is 0.326 e. The SMILES string of the molecule is O=C(Nc1ccccc1S)N(Cc1ccccc1)c1ccccc1. The van der Waals surface area contributed by atoms with Crippen molar-refractivity contribution in [2.24, 2.45) is 0 Å². The highest BCUT2D eigenvalue weighted by atomic mass is 32.1. The summed E-state index contributed by atoms with van der Waals surface area (Å²) in [5.74, 6) is 0. The number of carbonyl (C=O) groups excluding carboxylic acids is 1. The van der Waals surface area contributed by atoms with Gasteiger partial charge in [-0.1, -0.05) is 60.7 Å². The van der Waals surface area contributed by atoms with Crippen molar-refractivity contribution in [3.8, 4) is 0 Å². The van der Waals surface area contributed by atoms with Gasteiger partial charge in [0.2, 0.25) is 0 Å². The molecule has 0 fully saturated rings. The van der Waals surface area contributed by atoms with Crippen molar-refractivity contribution in [3.63, 3.8) is 0 Å². The first kappa shape index (κ1) is 16.1. The number of nitrogens with one attached hydrogen (secondary N) is 1. The number of benzene rings is 3. The van der Waals surface area contributed by atoms with Gasteiger partial charge in [-0.2, -0.15) is 0 Å². The van der Waals surface area contributed by atoms with Crippen LogP contribution in [0, 0.1) is 0 Å². The number of para-hydroxylation sites is 2. The van der Waals surface area contributed by atoms with Crippen molar-refractivity contribution < 1.29 is 4.79 Å². The molecular weight excluding hydrogens is 316 g/mol. The van der Waals surface area contributed by atoms with Gasteiger partial charge in [0.05, 0.1) is 12.2 Å². The number of hydrogen-bond acceptors (Lipinski definition) is 2. The predicted molar refractivity (Wildman–Crippen MR) is 102 cm³/mol. The molecule has 120 valence electrons. The smallest absolute Gasteiger partial charge is 0.306 e. The molecule has 0 aliphatic heterocycles. The summed E-state index contributed by atoms with van der Waals surface area (Å²) in [7, 11) is 0. The topological polar surface area (TPSA) is 32.3 Å². The number of hydrogen-bond donors (Lipinski definition) is 2. The molecule has 0 aliphatic carbocycles. The van der Waals surface area contributed by atoms with Gasteiger partial charge in [0.15, 0.2) is 0 Å². The number of nitrogens with zero attached hydrogens (tertiary/aromatic N) is 1. The Labute approximate surface area is 147 Å². The molecule has 4 heteroatoms. The normalized spacial score (nSPS) is 10.2. The van der Waals surface area contributed by atoms with E-state index in [-0.39, 0.29) is 6.03 Å². The van der Waals surface area contributed by atoms with Crippen molar-refractivity contribution in [2.45, 2.75) is 11.4 Å². The van der Waals surface area contributed by atoms with Crippen molar-refractivity contribution in [1.29, 1.82) is 0 Å². The number of rotatable bonds is 4. The number of urea groups is 1. The third-order valence-corrected chi connectivity index (χ3v) is 4.03. The number of anilines is 2. The number of amides is 2. The van der Waals surface area contributed by atoms with E-state index in [0.717, 1.165) is 16.1 Å². The van der Waals surface area contributed by atoms with E-state index in [1.54, 1.807) is 4.90 Å². The van der Waals surface area contributed by atoms with Crippen LogP contribution in [0.25, 0.3) is 0 Å². The zero-order chi connectivity index (χ0) is 16.8. The maximum atomic E-state index is 12.9. The Balaban J connectivity index is 1.87. The fraction of sp³-hybridized carbons (Fsp3) is 0.0500. The molecule has 3 aromatic carbocycles. The molecule has 0 aliphatic rings. The molecule has 1 N–H and O–H groups in total. The van der Waals surface area contributed by atoms with Crippen molar-refractivity contribution in [2.75, 3.05) is 10.2 Å². The molecule has 0 aromatic heterocycles. The molecule has 0 atom stereocenters. The Morgan fingerprint density at radius 2 is 1.42 bits per heavy atom. The first-order valence-electron chi connectivity index (χ1n) is 7.69. The zero-order valence-corrected chi connectivity index (χ0v) is 14.0.